The number of anilines is 2. The highest BCUT2D eigenvalue weighted by Gasteiger charge is 2.36. The number of benzene rings is 3. The van der Waals surface area contributed by atoms with Crippen molar-refractivity contribution in [2.75, 3.05) is 31.1 Å². The number of para-hydroxylation sites is 1. The standard InChI is InChI=1S/C31H23ClN4O8S/c1-42-30(40)21-11-18(6-8-22(21)32)33-28(38)15-36-29(39)26(45-31(36)41)10-17-13-35(23-5-3-2-4-20(17)23)14-27(37)34-19-7-9-24-25(12-19)44-16-43-24/h2-13H,14-16H2,1H3,(H,33,38)(H,34,37)/b26-10-. The zero-order valence-electron chi connectivity index (χ0n) is 23.5. The quantitative estimate of drug-likeness (QED) is 0.197. The largest absolute Gasteiger partial charge is 0.465 e. The molecule has 14 heteroatoms. The molecule has 2 N–H and O–H groups in total. The third-order valence-corrected chi connectivity index (χ3v) is 8.14. The van der Waals surface area contributed by atoms with Gasteiger partial charge in [-0.05, 0) is 54.2 Å². The maximum absolute atomic E-state index is 13.2. The number of fused-ring (bicyclic) bond motifs is 2. The normalized spacial score (nSPS) is 14.7. The van der Waals surface area contributed by atoms with Crippen LogP contribution in [-0.4, -0.2) is 58.8 Å². The molecule has 1 aromatic heterocycles. The molecule has 1 fully saturated rings. The van der Waals surface area contributed by atoms with E-state index < -0.39 is 29.6 Å². The van der Waals surface area contributed by atoms with Gasteiger partial charge in [-0.15, -0.1) is 0 Å². The van der Waals surface area contributed by atoms with Crippen LogP contribution in [0.5, 0.6) is 11.5 Å². The molecule has 4 aromatic rings. The summed E-state index contributed by atoms with van der Waals surface area (Å²) in [7, 11) is 1.20. The molecule has 4 amide bonds. The molecule has 0 saturated carbocycles. The van der Waals surface area contributed by atoms with Crippen LogP contribution in [0.4, 0.5) is 16.2 Å². The number of amides is 4. The number of imide groups is 1. The number of hydrogen-bond donors (Lipinski definition) is 2. The number of nitrogens with one attached hydrogen (secondary N) is 2. The monoisotopic (exact) mass is 646 g/mol. The van der Waals surface area contributed by atoms with Crippen molar-refractivity contribution < 1.29 is 38.2 Å². The molecule has 12 nitrogen and oxygen atoms in total. The van der Waals surface area contributed by atoms with E-state index in [4.69, 9.17) is 21.1 Å². The van der Waals surface area contributed by atoms with Gasteiger partial charge in [-0.25, -0.2) is 4.79 Å². The molecule has 3 heterocycles. The maximum Gasteiger partial charge on any atom is 0.339 e. The van der Waals surface area contributed by atoms with Gasteiger partial charge in [-0.2, -0.15) is 0 Å². The summed E-state index contributed by atoms with van der Waals surface area (Å²) in [4.78, 5) is 64.5. The van der Waals surface area contributed by atoms with Gasteiger partial charge in [0, 0.05) is 40.1 Å². The van der Waals surface area contributed by atoms with E-state index in [0.717, 1.165) is 15.8 Å². The van der Waals surface area contributed by atoms with Gasteiger partial charge in [0.05, 0.1) is 22.6 Å². The number of hydrogen-bond acceptors (Lipinski definition) is 9. The lowest BCUT2D eigenvalue weighted by Gasteiger charge is -2.13. The Bertz CT molecular complexity index is 1940. The van der Waals surface area contributed by atoms with Gasteiger partial charge in [-0.1, -0.05) is 29.8 Å². The Balaban J connectivity index is 1.16. The topological polar surface area (TPSA) is 145 Å². The molecule has 0 unspecified atom stereocenters. The lowest BCUT2D eigenvalue weighted by molar-refractivity contribution is -0.127. The first kappa shape index (κ1) is 29.8. The van der Waals surface area contributed by atoms with Gasteiger partial charge in [0.2, 0.25) is 18.6 Å². The summed E-state index contributed by atoms with van der Waals surface area (Å²) in [6, 6.07) is 16.7. The fourth-order valence-corrected chi connectivity index (χ4v) is 5.87. The first-order valence-electron chi connectivity index (χ1n) is 13.4. The first-order valence-corrected chi connectivity index (χ1v) is 14.6. The minimum Gasteiger partial charge on any atom is -0.465 e. The van der Waals surface area contributed by atoms with Crippen molar-refractivity contribution in [2.45, 2.75) is 6.54 Å². The number of methoxy groups -OCH3 is 1. The van der Waals surface area contributed by atoms with Gasteiger partial charge >= 0.3 is 5.97 Å². The summed E-state index contributed by atoms with van der Waals surface area (Å²) in [5.41, 5.74) is 2.21. The summed E-state index contributed by atoms with van der Waals surface area (Å²) < 4.78 is 17.1. The van der Waals surface area contributed by atoms with Gasteiger partial charge in [0.25, 0.3) is 11.1 Å². The van der Waals surface area contributed by atoms with Crippen molar-refractivity contribution in [3.63, 3.8) is 0 Å². The molecule has 0 bridgehead atoms. The molecule has 3 aromatic carbocycles. The minimum absolute atomic E-state index is 0.0210. The van der Waals surface area contributed by atoms with Crippen molar-refractivity contribution in [2.24, 2.45) is 0 Å². The maximum atomic E-state index is 13.2. The number of thioether (sulfide) groups is 1. The second kappa shape index (κ2) is 12.4. The molecule has 1 saturated heterocycles. The number of carbonyl (C=O) groups is 5. The molecule has 2 aliphatic heterocycles. The van der Waals surface area contributed by atoms with Crippen LogP contribution >= 0.6 is 23.4 Å². The molecule has 0 radical (unpaired) electrons. The fraction of sp³-hybridized carbons (Fsp3) is 0.129. The molecule has 0 atom stereocenters. The van der Waals surface area contributed by atoms with Crippen LogP contribution in [0, 0.1) is 0 Å². The summed E-state index contributed by atoms with van der Waals surface area (Å²) in [5, 5.41) is 5.71. The van der Waals surface area contributed by atoms with Gasteiger partial charge in [0.1, 0.15) is 13.1 Å². The average Bonchev–Trinajstić information content (AvgIpc) is 3.70. The predicted molar refractivity (Wildman–Crippen MR) is 167 cm³/mol. The van der Waals surface area contributed by atoms with E-state index in [9.17, 15) is 24.0 Å². The number of nitrogens with zero attached hydrogens (tertiary/aromatic N) is 2. The number of halogens is 1. The second-order valence-electron chi connectivity index (χ2n) is 9.85. The van der Waals surface area contributed by atoms with Crippen molar-refractivity contribution >= 4 is 80.6 Å². The van der Waals surface area contributed by atoms with E-state index in [1.165, 1.54) is 25.3 Å². The molecular weight excluding hydrogens is 624 g/mol. The van der Waals surface area contributed by atoms with Gasteiger partial charge < -0.3 is 29.4 Å². The van der Waals surface area contributed by atoms with E-state index in [0.29, 0.717) is 34.5 Å². The Morgan fingerprint density at radius 3 is 2.47 bits per heavy atom. The van der Waals surface area contributed by atoms with Crippen molar-refractivity contribution in [1.82, 2.24) is 9.47 Å². The SMILES string of the molecule is COC(=O)c1cc(NC(=O)CN2C(=O)S/C(=C\c3cn(CC(=O)Nc4ccc5c(c4)OCO5)c4ccccc34)C2=O)ccc1Cl. The van der Waals surface area contributed by atoms with Gasteiger partial charge in [0.15, 0.2) is 11.5 Å². The van der Waals surface area contributed by atoms with Gasteiger partial charge in [-0.3, -0.25) is 24.1 Å². The number of rotatable bonds is 8. The van der Waals surface area contributed by atoms with E-state index in [-0.39, 0.29) is 40.4 Å². The number of aromatic nitrogens is 1. The lowest BCUT2D eigenvalue weighted by atomic mass is 10.1. The highest BCUT2D eigenvalue weighted by molar-refractivity contribution is 8.18. The summed E-state index contributed by atoms with van der Waals surface area (Å²) in [6.45, 7) is -0.437. The summed E-state index contributed by atoms with van der Waals surface area (Å²) >= 11 is 6.74. The molecule has 45 heavy (non-hydrogen) atoms. The summed E-state index contributed by atoms with van der Waals surface area (Å²) in [5.74, 6) is -1.10. The lowest BCUT2D eigenvalue weighted by Crippen LogP contribution is -2.36. The number of ether oxygens (including phenoxy) is 3. The van der Waals surface area contributed by atoms with Crippen LogP contribution in [0.25, 0.3) is 17.0 Å². The summed E-state index contributed by atoms with van der Waals surface area (Å²) in [6.07, 6.45) is 3.29. The number of carbonyl (C=O) groups excluding carboxylic acids is 5. The minimum atomic E-state index is -0.682. The molecular formula is C31H23ClN4O8S. The molecule has 6 rings (SSSR count). The third kappa shape index (κ3) is 6.21. The zero-order valence-corrected chi connectivity index (χ0v) is 25.1. The molecule has 2 aliphatic rings. The highest BCUT2D eigenvalue weighted by Crippen LogP contribution is 2.35. The smallest absolute Gasteiger partial charge is 0.339 e. The van der Waals surface area contributed by atoms with E-state index in [1.807, 2.05) is 24.3 Å². The van der Waals surface area contributed by atoms with Crippen molar-refractivity contribution in [3.8, 4) is 11.5 Å². The zero-order chi connectivity index (χ0) is 31.7. The average molecular weight is 647 g/mol. The highest BCUT2D eigenvalue weighted by atomic mass is 35.5. The first-order chi connectivity index (χ1) is 21.7. The van der Waals surface area contributed by atoms with Crippen LogP contribution in [-0.2, 0) is 25.7 Å². The Morgan fingerprint density at radius 1 is 0.956 bits per heavy atom. The van der Waals surface area contributed by atoms with Crippen LogP contribution < -0.4 is 20.1 Å². The molecule has 0 aliphatic carbocycles. The van der Waals surface area contributed by atoms with E-state index >= 15 is 0 Å². The van der Waals surface area contributed by atoms with E-state index in [1.54, 1.807) is 35.0 Å². The molecule has 228 valence electrons. The Kier molecular flexibility index (Phi) is 8.20. The van der Waals surface area contributed by atoms with Crippen LogP contribution in [0.15, 0.2) is 71.8 Å². The van der Waals surface area contributed by atoms with Crippen molar-refractivity contribution in [1.29, 1.82) is 0 Å². The fourth-order valence-electron chi connectivity index (χ4n) is 4.84. The Morgan fingerprint density at radius 2 is 1.67 bits per heavy atom. The van der Waals surface area contributed by atoms with E-state index in [2.05, 4.69) is 15.4 Å². The molecule has 0 spiro atoms. The van der Waals surface area contributed by atoms with Crippen LogP contribution in [0.2, 0.25) is 5.02 Å². The Hall–Kier alpha value is -5.27. The third-order valence-electron chi connectivity index (χ3n) is 6.91. The van der Waals surface area contributed by atoms with Crippen molar-refractivity contribution in [3.05, 3.63) is 87.9 Å². The second-order valence-corrected chi connectivity index (χ2v) is 11.2. The van der Waals surface area contributed by atoms with Crippen LogP contribution in [0.3, 0.4) is 0 Å². The predicted octanol–water partition coefficient (Wildman–Crippen LogP) is 5.12. The Labute approximate surface area is 264 Å². The van der Waals surface area contributed by atoms with Crippen LogP contribution in [0.1, 0.15) is 15.9 Å². The number of esters is 1.